The van der Waals surface area contributed by atoms with Gasteiger partial charge >= 0.3 is 0 Å². The third-order valence-corrected chi connectivity index (χ3v) is 3.69. The van der Waals surface area contributed by atoms with E-state index in [1.54, 1.807) is 0 Å². The van der Waals surface area contributed by atoms with Crippen molar-refractivity contribution in [1.82, 2.24) is 4.98 Å². The molecule has 100 valence electrons. The second-order valence-electron chi connectivity index (χ2n) is 5.34. The summed E-state index contributed by atoms with van der Waals surface area (Å²) < 4.78 is 5.42. The van der Waals surface area contributed by atoms with Gasteiger partial charge in [0.2, 0.25) is 0 Å². The van der Waals surface area contributed by atoms with Crippen LogP contribution in [-0.4, -0.2) is 31.3 Å². The van der Waals surface area contributed by atoms with Crippen molar-refractivity contribution in [3.05, 3.63) is 35.9 Å². The van der Waals surface area contributed by atoms with Crippen molar-refractivity contribution >= 4 is 16.7 Å². The lowest BCUT2D eigenvalue weighted by molar-refractivity contribution is 0.122. The number of nitrogens with zero attached hydrogens (tertiary/aromatic N) is 2. The van der Waals surface area contributed by atoms with E-state index in [9.17, 15) is 0 Å². The number of ether oxygens (including phenoxy) is 1. The Balaban J connectivity index is 2.10. The lowest BCUT2D eigenvalue weighted by Gasteiger charge is -2.28. The summed E-state index contributed by atoms with van der Waals surface area (Å²) in [5, 5.41) is 1.27. The fraction of sp³-hybridized carbons (Fsp3) is 0.438. The molecule has 1 aliphatic rings. The zero-order valence-electron chi connectivity index (χ0n) is 11.6. The molecule has 1 saturated heterocycles. The smallest absolute Gasteiger partial charge is 0.129 e. The number of hydrogen-bond donors (Lipinski definition) is 0. The van der Waals surface area contributed by atoms with Crippen molar-refractivity contribution in [1.29, 1.82) is 0 Å². The van der Waals surface area contributed by atoms with Gasteiger partial charge in [-0.25, -0.2) is 4.98 Å². The molecule has 1 aromatic heterocycles. The highest BCUT2D eigenvalue weighted by Gasteiger charge is 2.15. The predicted octanol–water partition coefficient (Wildman–Crippen LogP) is 3.19. The van der Waals surface area contributed by atoms with Crippen LogP contribution >= 0.6 is 0 Å². The molecule has 0 atom stereocenters. The van der Waals surface area contributed by atoms with E-state index in [1.165, 1.54) is 10.9 Å². The van der Waals surface area contributed by atoms with Crippen molar-refractivity contribution < 1.29 is 4.74 Å². The molecule has 0 aliphatic carbocycles. The molecular formula is C16H20N2O. The Kier molecular flexibility index (Phi) is 3.38. The molecule has 3 rings (SSSR count). The normalized spacial score (nSPS) is 16.3. The molecule has 3 nitrogen and oxygen atoms in total. The fourth-order valence-electron chi connectivity index (χ4n) is 2.62. The molecule has 0 spiro atoms. The number of morpholine rings is 1. The minimum atomic E-state index is 0.507. The van der Waals surface area contributed by atoms with Gasteiger partial charge in [0.05, 0.1) is 18.7 Å². The summed E-state index contributed by atoms with van der Waals surface area (Å²) in [5.41, 5.74) is 2.47. The van der Waals surface area contributed by atoms with E-state index in [4.69, 9.17) is 9.72 Å². The molecule has 1 aliphatic heterocycles. The van der Waals surface area contributed by atoms with E-state index < -0.39 is 0 Å². The van der Waals surface area contributed by atoms with Crippen molar-refractivity contribution in [3.63, 3.8) is 0 Å². The van der Waals surface area contributed by atoms with Crippen LogP contribution in [0.2, 0.25) is 0 Å². The first-order valence-corrected chi connectivity index (χ1v) is 6.98. The minimum absolute atomic E-state index is 0.507. The van der Waals surface area contributed by atoms with Crippen LogP contribution in [0, 0.1) is 0 Å². The molecule has 0 saturated carbocycles. The summed E-state index contributed by atoms with van der Waals surface area (Å²) in [6.45, 7) is 7.94. The number of rotatable bonds is 2. The van der Waals surface area contributed by atoms with E-state index in [0.29, 0.717) is 5.92 Å². The molecule has 2 aromatic rings. The van der Waals surface area contributed by atoms with Gasteiger partial charge in [0.25, 0.3) is 0 Å². The molecule has 0 radical (unpaired) electrons. The number of pyridine rings is 1. The highest BCUT2D eigenvalue weighted by atomic mass is 16.5. The Morgan fingerprint density at radius 3 is 2.63 bits per heavy atom. The van der Waals surface area contributed by atoms with Crippen LogP contribution in [0.4, 0.5) is 5.82 Å². The number of para-hydroxylation sites is 1. The van der Waals surface area contributed by atoms with Crippen molar-refractivity contribution in [2.75, 3.05) is 31.2 Å². The second-order valence-corrected chi connectivity index (χ2v) is 5.34. The van der Waals surface area contributed by atoms with Crippen LogP contribution in [0.3, 0.4) is 0 Å². The number of anilines is 1. The number of benzene rings is 1. The quantitative estimate of drug-likeness (QED) is 0.825. The minimum Gasteiger partial charge on any atom is -0.378 e. The van der Waals surface area contributed by atoms with Gasteiger partial charge in [0.1, 0.15) is 5.82 Å². The van der Waals surface area contributed by atoms with E-state index in [0.717, 1.165) is 37.6 Å². The van der Waals surface area contributed by atoms with Crippen LogP contribution in [0.5, 0.6) is 0 Å². The lowest BCUT2D eigenvalue weighted by atomic mass is 9.98. The molecule has 0 unspecified atom stereocenters. The van der Waals surface area contributed by atoms with Crippen molar-refractivity contribution in [3.8, 4) is 0 Å². The van der Waals surface area contributed by atoms with Gasteiger partial charge in [0.15, 0.2) is 0 Å². The van der Waals surface area contributed by atoms with Crippen molar-refractivity contribution in [2.24, 2.45) is 0 Å². The van der Waals surface area contributed by atoms with Gasteiger partial charge in [-0.15, -0.1) is 0 Å². The van der Waals surface area contributed by atoms with Gasteiger partial charge in [0, 0.05) is 18.5 Å². The standard InChI is InChI=1S/C16H20N2O/c1-12(2)14-11-16(18-7-9-19-10-8-18)17-15-6-4-3-5-13(14)15/h3-6,11-12H,7-10H2,1-2H3. The Labute approximate surface area is 114 Å². The van der Waals surface area contributed by atoms with Crippen LogP contribution in [0.15, 0.2) is 30.3 Å². The van der Waals surface area contributed by atoms with E-state index in [-0.39, 0.29) is 0 Å². The van der Waals surface area contributed by atoms with Gasteiger partial charge in [-0.05, 0) is 23.6 Å². The summed E-state index contributed by atoms with van der Waals surface area (Å²) in [7, 11) is 0. The first-order chi connectivity index (χ1) is 9.25. The van der Waals surface area contributed by atoms with E-state index in [1.807, 2.05) is 0 Å². The predicted molar refractivity (Wildman–Crippen MR) is 78.9 cm³/mol. The average molecular weight is 256 g/mol. The Morgan fingerprint density at radius 2 is 1.89 bits per heavy atom. The number of aromatic nitrogens is 1. The Morgan fingerprint density at radius 1 is 1.16 bits per heavy atom. The fourth-order valence-corrected chi connectivity index (χ4v) is 2.62. The molecule has 0 bridgehead atoms. The topological polar surface area (TPSA) is 25.4 Å². The van der Waals surface area contributed by atoms with E-state index in [2.05, 4.69) is 49.1 Å². The Hall–Kier alpha value is -1.61. The summed E-state index contributed by atoms with van der Waals surface area (Å²) in [4.78, 5) is 7.13. The highest BCUT2D eigenvalue weighted by Crippen LogP contribution is 2.28. The SMILES string of the molecule is CC(C)c1cc(N2CCOCC2)nc2ccccc12. The van der Waals surface area contributed by atoms with Gasteiger partial charge < -0.3 is 9.64 Å². The maximum Gasteiger partial charge on any atom is 0.129 e. The Bertz CT molecular complexity index is 574. The van der Waals surface area contributed by atoms with Gasteiger partial charge in [-0.3, -0.25) is 0 Å². The van der Waals surface area contributed by atoms with Crippen molar-refractivity contribution in [2.45, 2.75) is 19.8 Å². The number of hydrogen-bond acceptors (Lipinski definition) is 3. The zero-order chi connectivity index (χ0) is 13.2. The monoisotopic (exact) mass is 256 g/mol. The third kappa shape index (κ3) is 2.43. The molecule has 0 amide bonds. The molecule has 0 N–H and O–H groups in total. The van der Waals surface area contributed by atoms with Crippen LogP contribution in [0.1, 0.15) is 25.3 Å². The molecule has 2 heterocycles. The maximum atomic E-state index is 5.42. The van der Waals surface area contributed by atoms with Gasteiger partial charge in [-0.1, -0.05) is 32.0 Å². The second kappa shape index (κ2) is 5.17. The molecule has 19 heavy (non-hydrogen) atoms. The molecule has 3 heteroatoms. The molecule has 1 fully saturated rings. The molecule has 1 aromatic carbocycles. The first-order valence-electron chi connectivity index (χ1n) is 6.98. The van der Waals surface area contributed by atoms with E-state index >= 15 is 0 Å². The first kappa shape index (κ1) is 12.4. The lowest BCUT2D eigenvalue weighted by Crippen LogP contribution is -2.36. The van der Waals surface area contributed by atoms with Crippen LogP contribution in [-0.2, 0) is 4.74 Å². The summed E-state index contributed by atoms with van der Waals surface area (Å²) in [6.07, 6.45) is 0. The highest BCUT2D eigenvalue weighted by molar-refractivity contribution is 5.84. The largest absolute Gasteiger partial charge is 0.378 e. The number of fused-ring (bicyclic) bond motifs is 1. The summed E-state index contributed by atoms with van der Waals surface area (Å²) in [5.74, 6) is 1.60. The summed E-state index contributed by atoms with van der Waals surface area (Å²) in [6, 6.07) is 10.7. The maximum absolute atomic E-state index is 5.42. The van der Waals surface area contributed by atoms with Crippen LogP contribution < -0.4 is 4.90 Å². The average Bonchev–Trinajstić information content (AvgIpc) is 2.47. The zero-order valence-corrected chi connectivity index (χ0v) is 11.6. The third-order valence-electron chi connectivity index (χ3n) is 3.69. The van der Waals surface area contributed by atoms with Gasteiger partial charge in [-0.2, -0.15) is 0 Å². The summed E-state index contributed by atoms with van der Waals surface area (Å²) >= 11 is 0. The van der Waals surface area contributed by atoms with Crippen LogP contribution in [0.25, 0.3) is 10.9 Å². The molecular weight excluding hydrogens is 236 g/mol.